The number of hydrogen-bond acceptors (Lipinski definition) is 3. The van der Waals surface area contributed by atoms with E-state index < -0.39 is 5.54 Å². The van der Waals surface area contributed by atoms with E-state index in [4.69, 9.17) is 10.5 Å². The van der Waals surface area contributed by atoms with Crippen molar-refractivity contribution in [2.24, 2.45) is 5.73 Å². The molecular formula is C12H19ClN2O2. The topological polar surface area (TPSA) is 64.3 Å². The number of para-hydroxylation sites is 1. The Hall–Kier alpha value is -1.26. The van der Waals surface area contributed by atoms with Crippen molar-refractivity contribution in [2.45, 2.75) is 19.4 Å². The van der Waals surface area contributed by atoms with Gasteiger partial charge < -0.3 is 15.8 Å². The highest BCUT2D eigenvalue weighted by Crippen LogP contribution is 2.28. The van der Waals surface area contributed by atoms with Gasteiger partial charge in [0.2, 0.25) is 5.91 Å². The minimum Gasteiger partial charge on any atom is -0.496 e. The molecule has 0 fully saturated rings. The zero-order valence-corrected chi connectivity index (χ0v) is 11.1. The second-order valence-corrected chi connectivity index (χ2v) is 4.08. The Kier molecular flexibility index (Phi) is 5.99. The Bertz CT molecular complexity index is 381. The lowest BCUT2D eigenvalue weighted by molar-refractivity contribution is -0.121. The third-order valence-corrected chi connectivity index (χ3v) is 2.42. The molecule has 1 amide bonds. The van der Waals surface area contributed by atoms with Crippen LogP contribution < -0.4 is 15.8 Å². The van der Waals surface area contributed by atoms with Crippen LogP contribution in [-0.2, 0) is 10.3 Å². The number of rotatable bonds is 4. The van der Waals surface area contributed by atoms with E-state index in [9.17, 15) is 4.79 Å². The normalized spacial score (nSPS) is 10.4. The number of carbonyl (C=O) groups is 1. The minimum absolute atomic E-state index is 0. The molecule has 0 bridgehead atoms. The van der Waals surface area contributed by atoms with Crippen LogP contribution in [0, 0.1) is 0 Å². The number of carbonyl (C=O) groups excluding carboxylic acids is 1. The number of benzene rings is 1. The first kappa shape index (κ1) is 15.7. The summed E-state index contributed by atoms with van der Waals surface area (Å²) in [6.45, 7) is 3.81. The van der Waals surface area contributed by atoms with Gasteiger partial charge in [-0.05, 0) is 19.9 Å². The van der Waals surface area contributed by atoms with E-state index in [1.807, 2.05) is 38.1 Å². The zero-order valence-electron chi connectivity index (χ0n) is 10.3. The van der Waals surface area contributed by atoms with Crippen molar-refractivity contribution in [1.82, 2.24) is 5.32 Å². The predicted molar refractivity (Wildman–Crippen MR) is 70.5 cm³/mol. The molecule has 17 heavy (non-hydrogen) atoms. The lowest BCUT2D eigenvalue weighted by Crippen LogP contribution is -2.44. The smallest absolute Gasteiger partial charge is 0.234 e. The summed E-state index contributed by atoms with van der Waals surface area (Å²) in [6, 6.07) is 7.60. The summed E-state index contributed by atoms with van der Waals surface area (Å²) in [5.74, 6) is 0.570. The third-order valence-electron chi connectivity index (χ3n) is 2.42. The summed E-state index contributed by atoms with van der Waals surface area (Å²) in [5.41, 5.74) is 5.72. The van der Waals surface area contributed by atoms with Crippen LogP contribution in [0.4, 0.5) is 0 Å². The van der Waals surface area contributed by atoms with Gasteiger partial charge in [0.1, 0.15) is 5.75 Å². The Morgan fingerprint density at radius 3 is 2.53 bits per heavy atom. The lowest BCUT2D eigenvalue weighted by Gasteiger charge is -2.28. The van der Waals surface area contributed by atoms with Crippen molar-refractivity contribution in [3.05, 3.63) is 29.8 Å². The highest BCUT2D eigenvalue weighted by molar-refractivity contribution is 5.85. The van der Waals surface area contributed by atoms with Crippen LogP contribution in [0.25, 0.3) is 0 Å². The standard InChI is InChI=1S/C12H18N2O2.ClH/c1-12(2,14-11(15)8-13)9-6-4-5-7-10(9)16-3;/h4-7H,8,13H2,1-3H3,(H,14,15);1H. The average Bonchev–Trinajstić information content (AvgIpc) is 2.28. The highest BCUT2D eigenvalue weighted by atomic mass is 35.5. The molecule has 0 aliphatic rings. The number of methoxy groups -OCH3 is 1. The quantitative estimate of drug-likeness (QED) is 0.859. The van der Waals surface area contributed by atoms with Crippen molar-refractivity contribution in [3.8, 4) is 5.75 Å². The molecule has 0 aliphatic carbocycles. The van der Waals surface area contributed by atoms with Gasteiger partial charge in [-0.3, -0.25) is 4.79 Å². The van der Waals surface area contributed by atoms with Gasteiger partial charge in [0, 0.05) is 5.56 Å². The van der Waals surface area contributed by atoms with Crippen molar-refractivity contribution >= 4 is 18.3 Å². The first-order valence-electron chi connectivity index (χ1n) is 5.16. The first-order valence-corrected chi connectivity index (χ1v) is 5.16. The maximum absolute atomic E-state index is 11.3. The molecule has 1 aromatic carbocycles. The Balaban J connectivity index is 0.00000256. The van der Waals surface area contributed by atoms with E-state index in [1.165, 1.54) is 0 Å². The molecular weight excluding hydrogens is 240 g/mol. The number of nitrogens with two attached hydrogens (primary N) is 1. The SMILES string of the molecule is COc1ccccc1C(C)(C)NC(=O)CN.Cl. The predicted octanol–water partition coefficient (Wildman–Crippen LogP) is 1.43. The van der Waals surface area contributed by atoms with Crippen molar-refractivity contribution in [1.29, 1.82) is 0 Å². The molecule has 0 radical (unpaired) electrons. The molecule has 0 spiro atoms. The van der Waals surface area contributed by atoms with Crippen LogP contribution in [0.2, 0.25) is 0 Å². The van der Waals surface area contributed by atoms with Crippen molar-refractivity contribution in [2.75, 3.05) is 13.7 Å². The molecule has 0 saturated carbocycles. The van der Waals surface area contributed by atoms with Crippen LogP contribution in [0.1, 0.15) is 19.4 Å². The van der Waals surface area contributed by atoms with Gasteiger partial charge >= 0.3 is 0 Å². The molecule has 0 atom stereocenters. The van der Waals surface area contributed by atoms with Crippen LogP contribution in [0.5, 0.6) is 5.75 Å². The van der Waals surface area contributed by atoms with Crippen LogP contribution in [0.3, 0.4) is 0 Å². The van der Waals surface area contributed by atoms with E-state index in [-0.39, 0.29) is 24.9 Å². The van der Waals surface area contributed by atoms with E-state index in [2.05, 4.69) is 5.32 Å². The van der Waals surface area contributed by atoms with Gasteiger partial charge in [-0.15, -0.1) is 12.4 Å². The van der Waals surface area contributed by atoms with Gasteiger partial charge in [0.15, 0.2) is 0 Å². The molecule has 0 unspecified atom stereocenters. The molecule has 4 nitrogen and oxygen atoms in total. The van der Waals surface area contributed by atoms with Gasteiger partial charge in [-0.1, -0.05) is 18.2 Å². The number of halogens is 1. The molecule has 0 heterocycles. The number of hydrogen-bond donors (Lipinski definition) is 2. The Morgan fingerprint density at radius 1 is 1.41 bits per heavy atom. The highest BCUT2D eigenvalue weighted by Gasteiger charge is 2.25. The molecule has 0 aliphatic heterocycles. The summed E-state index contributed by atoms with van der Waals surface area (Å²) in [7, 11) is 1.61. The largest absolute Gasteiger partial charge is 0.496 e. The molecule has 1 rings (SSSR count). The molecule has 5 heteroatoms. The molecule has 96 valence electrons. The second-order valence-electron chi connectivity index (χ2n) is 4.08. The number of ether oxygens (including phenoxy) is 1. The van der Waals surface area contributed by atoms with E-state index in [0.29, 0.717) is 0 Å². The Morgan fingerprint density at radius 2 is 2.00 bits per heavy atom. The summed E-state index contributed by atoms with van der Waals surface area (Å²) in [6.07, 6.45) is 0. The molecule has 3 N–H and O–H groups in total. The number of amides is 1. The summed E-state index contributed by atoms with van der Waals surface area (Å²) >= 11 is 0. The second kappa shape index (κ2) is 6.47. The van der Waals surface area contributed by atoms with E-state index in [0.717, 1.165) is 11.3 Å². The summed E-state index contributed by atoms with van der Waals surface area (Å²) in [5, 5.41) is 2.85. The van der Waals surface area contributed by atoms with Crippen LogP contribution in [-0.4, -0.2) is 19.6 Å². The van der Waals surface area contributed by atoms with Crippen molar-refractivity contribution < 1.29 is 9.53 Å². The first-order chi connectivity index (χ1) is 7.51. The van der Waals surface area contributed by atoms with Crippen LogP contribution >= 0.6 is 12.4 Å². The average molecular weight is 259 g/mol. The monoisotopic (exact) mass is 258 g/mol. The van der Waals surface area contributed by atoms with Crippen LogP contribution in [0.15, 0.2) is 24.3 Å². The zero-order chi connectivity index (χ0) is 12.2. The van der Waals surface area contributed by atoms with E-state index >= 15 is 0 Å². The van der Waals surface area contributed by atoms with Gasteiger partial charge in [0.25, 0.3) is 0 Å². The Labute approximate surface area is 108 Å². The molecule has 1 aromatic rings. The van der Waals surface area contributed by atoms with Gasteiger partial charge in [-0.25, -0.2) is 0 Å². The van der Waals surface area contributed by atoms with Gasteiger partial charge in [0.05, 0.1) is 19.2 Å². The third kappa shape index (κ3) is 3.91. The minimum atomic E-state index is -0.497. The molecule has 0 aromatic heterocycles. The maximum atomic E-state index is 11.3. The maximum Gasteiger partial charge on any atom is 0.234 e. The van der Waals surface area contributed by atoms with E-state index in [1.54, 1.807) is 7.11 Å². The molecule has 0 saturated heterocycles. The fraction of sp³-hybridized carbons (Fsp3) is 0.417. The summed E-state index contributed by atoms with van der Waals surface area (Å²) in [4.78, 5) is 11.3. The fourth-order valence-electron chi connectivity index (χ4n) is 1.63. The fourth-order valence-corrected chi connectivity index (χ4v) is 1.63. The van der Waals surface area contributed by atoms with Crippen molar-refractivity contribution in [3.63, 3.8) is 0 Å². The van der Waals surface area contributed by atoms with Gasteiger partial charge in [-0.2, -0.15) is 0 Å². The lowest BCUT2D eigenvalue weighted by atomic mass is 9.93. The number of nitrogens with one attached hydrogen (secondary N) is 1. The summed E-state index contributed by atoms with van der Waals surface area (Å²) < 4.78 is 5.26.